The minimum absolute atomic E-state index is 0.0425. The summed E-state index contributed by atoms with van der Waals surface area (Å²) in [5.74, 6) is 0.138. The molecule has 1 aromatic heterocycles. The second kappa shape index (κ2) is 8.32. The number of nitrogens with zero attached hydrogens (tertiary/aromatic N) is 2. The van der Waals surface area contributed by atoms with E-state index in [4.69, 9.17) is 11.6 Å². The van der Waals surface area contributed by atoms with Crippen molar-refractivity contribution in [2.45, 2.75) is 26.3 Å². The summed E-state index contributed by atoms with van der Waals surface area (Å²) in [6, 6.07) is 10.6. The molecule has 2 amide bonds. The molecular weight excluding hydrogens is 350 g/mol. The van der Waals surface area contributed by atoms with Crippen LogP contribution < -0.4 is 5.32 Å². The summed E-state index contributed by atoms with van der Waals surface area (Å²) in [6.07, 6.45) is 3.67. The zero-order valence-electron chi connectivity index (χ0n) is 14.7. The summed E-state index contributed by atoms with van der Waals surface area (Å²) < 4.78 is 0. The fourth-order valence-electron chi connectivity index (χ4n) is 3.15. The molecule has 0 radical (unpaired) electrons. The van der Waals surface area contributed by atoms with Gasteiger partial charge in [-0.3, -0.25) is 14.6 Å². The smallest absolute Gasteiger partial charge is 0.270 e. The Morgan fingerprint density at radius 1 is 1.31 bits per heavy atom. The zero-order chi connectivity index (χ0) is 18.5. The van der Waals surface area contributed by atoms with E-state index in [0.717, 1.165) is 31.5 Å². The van der Waals surface area contributed by atoms with Crippen LogP contribution in [0.5, 0.6) is 0 Å². The number of rotatable bonds is 4. The summed E-state index contributed by atoms with van der Waals surface area (Å²) in [5.41, 5.74) is 1.56. The number of carbonyl (C=O) groups excluding carboxylic acids is 2. The maximum absolute atomic E-state index is 12.7. The molecule has 1 saturated heterocycles. The average molecular weight is 372 g/mol. The van der Waals surface area contributed by atoms with Crippen molar-refractivity contribution in [1.29, 1.82) is 0 Å². The number of pyridine rings is 1. The lowest BCUT2D eigenvalue weighted by atomic mass is 9.99. The summed E-state index contributed by atoms with van der Waals surface area (Å²) in [6.45, 7) is 3.98. The largest absolute Gasteiger partial charge is 0.347 e. The molecule has 0 saturated carbocycles. The van der Waals surface area contributed by atoms with Gasteiger partial charge in [0.05, 0.1) is 0 Å². The number of halogens is 1. The van der Waals surface area contributed by atoms with Gasteiger partial charge in [-0.15, -0.1) is 0 Å². The first-order chi connectivity index (χ1) is 12.5. The predicted octanol–water partition coefficient (Wildman–Crippen LogP) is 3.54. The zero-order valence-corrected chi connectivity index (χ0v) is 15.5. The molecule has 1 N–H and O–H groups in total. The van der Waals surface area contributed by atoms with Crippen molar-refractivity contribution in [1.82, 2.24) is 15.2 Å². The van der Waals surface area contributed by atoms with Crippen molar-refractivity contribution in [2.75, 3.05) is 13.1 Å². The fourth-order valence-corrected chi connectivity index (χ4v) is 3.35. The molecule has 1 aliphatic rings. The minimum Gasteiger partial charge on any atom is -0.347 e. The number of amides is 2. The van der Waals surface area contributed by atoms with Gasteiger partial charge in [-0.1, -0.05) is 36.7 Å². The summed E-state index contributed by atoms with van der Waals surface area (Å²) in [7, 11) is 0. The highest BCUT2D eigenvalue weighted by Crippen LogP contribution is 2.18. The van der Waals surface area contributed by atoms with Crippen molar-refractivity contribution in [2.24, 2.45) is 5.92 Å². The highest BCUT2D eigenvalue weighted by molar-refractivity contribution is 6.31. The van der Waals surface area contributed by atoms with Gasteiger partial charge in [-0.25, -0.2) is 0 Å². The number of likely N-dealkylation sites (tertiary alicyclic amines) is 1. The Labute approximate surface area is 158 Å². The molecule has 0 aliphatic carbocycles. The van der Waals surface area contributed by atoms with Gasteiger partial charge in [-0.2, -0.15) is 0 Å². The number of hydrogen-bond donors (Lipinski definition) is 1. The molecule has 2 heterocycles. The maximum atomic E-state index is 12.7. The SMILES string of the molecule is CC1CCCN(C(=O)c2ccnc(C(=O)NCc3ccccc3Cl)c2)C1. The van der Waals surface area contributed by atoms with Crippen molar-refractivity contribution < 1.29 is 9.59 Å². The third kappa shape index (κ3) is 4.41. The van der Waals surface area contributed by atoms with Crippen molar-refractivity contribution in [3.8, 4) is 0 Å². The molecule has 0 spiro atoms. The molecule has 1 aromatic carbocycles. The van der Waals surface area contributed by atoms with Crippen LogP contribution in [0.25, 0.3) is 0 Å². The maximum Gasteiger partial charge on any atom is 0.270 e. The van der Waals surface area contributed by atoms with Gasteiger partial charge < -0.3 is 10.2 Å². The number of aromatic nitrogens is 1. The Morgan fingerprint density at radius 3 is 2.88 bits per heavy atom. The number of piperidine rings is 1. The summed E-state index contributed by atoms with van der Waals surface area (Å²) >= 11 is 6.10. The molecule has 3 rings (SSSR count). The average Bonchev–Trinajstić information content (AvgIpc) is 2.66. The Morgan fingerprint density at radius 2 is 2.12 bits per heavy atom. The lowest BCUT2D eigenvalue weighted by Gasteiger charge is -2.31. The molecule has 2 aromatic rings. The molecule has 5 nitrogen and oxygen atoms in total. The van der Waals surface area contributed by atoms with E-state index < -0.39 is 0 Å². The monoisotopic (exact) mass is 371 g/mol. The van der Waals surface area contributed by atoms with Crippen LogP contribution in [0.15, 0.2) is 42.6 Å². The van der Waals surface area contributed by atoms with Crippen molar-refractivity contribution >= 4 is 23.4 Å². The van der Waals surface area contributed by atoms with Gasteiger partial charge in [-0.05, 0) is 42.5 Å². The second-order valence-electron chi connectivity index (χ2n) is 6.70. The summed E-state index contributed by atoms with van der Waals surface area (Å²) in [5, 5.41) is 3.40. The van der Waals surface area contributed by atoms with Gasteiger partial charge in [0.1, 0.15) is 5.69 Å². The number of hydrogen-bond acceptors (Lipinski definition) is 3. The van der Waals surface area contributed by atoms with Crippen LogP contribution >= 0.6 is 11.6 Å². The van der Waals surface area contributed by atoms with E-state index in [1.54, 1.807) is 18.2 Å². The van der Waals surface area contributed by atoms with E-state index in [-0.39, 0.29) is 17.5 Å². The van der Waals surface area contributed by atoms with E-state index in [1.807, 2.05) is 23.1 Å². The standard InChI is InChI=1S/C20H22ClN3O2/c1-14-5-4-10-24(13-14)20(26)15-8-9-22-18(11-15)19(25)23-12-16-6-2-3-7-17(16)21/h2-3,6-9,11,14H,4-5,10,12-13H2,1H3,(H,23,25). The Hall–Kier alpha value is -2.40. The number of nitrogens with one attached hydrogen (secondary N) is 1. The van der Waals surface area contributed by atoms with Gasteiger partial charge in [0.15, 0.2) is 0 Å². The quantitative estimate of drug-likeness (QED) is 0.894. The van der Waals surface area contributed by atoms with Gasteiger partial charge >= 0.3 is 0 Å². The Bertz CT molecular complexity index is 809. The predicted molar refractivity (Wildman–Crippen MR) is 101 cm³/mol. The molecule has 136 valence electrons. The lowest BCUT2D eigenvalue weighted by molar-refractivity contribution is 0.0683. The van der Waals surface area contributed by atoms with E-state index >= 15 is 0 Å². The molecule has 26 heavy (non-hydrogen) atoms. The molecular formula is C20H22ClN3O2. The first-order valence-electron chi connectivity index (χ1n) is 8.81. The van der Waals surface area contributed by atoms with Crippen LogP contribution in [0.4, 0.5) is 0 Å². The van der Waals surface area contributed by atoms with Gasteiger partial charge in [0, 0.05) is 36.4 Å². The van der Waals surface area contributed by atoms with Crippen LogP contribution in [0.3, 0.4) is 0 Å². The lowest BCUT2D eigenvalue weighted by Crippen LogP contribution is -2.39. The van der Waals surface area contributed by atoms with Crippen LogP contribution in [0, 0.1) is 5.92 Å². The minimum atomic E-state index is -0.327. The van der Waals surface area contributed by atoms with Gasteiger partial charge in [0.2, 0.25) is 0 Å². The van der Waals surface area contributed by atoms with Crippen molar-refractivity contribution in [3.63, 3.8) is 0 Å². The Balaban J connectivity index is 1.67. The van der Waals surface area contributed by atoms with E-state index in [1.165, 1.54) is 6.20 Å². The van der Waals surface area contributed by atoms with Crippen LogP contribution in [0.2, 0.25) is 5.02 Å². The molecule has 1 aliphatic heterocycles. The fraction of sp³-hybridized carbons (Fsp3) is 0.350. The second-order valence-corrected chi connectivity index (χ2v) is 7.11. The van der Waals surface area contributed by atoms with Gasteiger partial charge in [0.25, 0.3) is 11.8 Å². The van der Waals surface area contributed by atoms with E-state index in [2.05, 4.69) is 17.2 Å². The Kier molecular flexibility index (Phi) is 5.89. The molecule has 6 heteroatoms. The third-order valence-electron chi connectivity index (χ3n) is 4.58. The highest BCUT2D eigenvalue weighted by Gasteiger charge is 2.22. The summed E-state index contributed by atoms with van der Waals surface area (Å²) in [4.78, 5) is 31.0. The van der Waals surface area contributed by atoms with Crippen LogP contribution in [0.1, 0.15) is 46.2 Å². The third-order valence-corrected chi connectivity index (χ3v) is 4.95. The first-order valence-corrected chi connectivity index (χ1v) is 9.19. The van der Waals surface area contributed by atoms with Crippen LogP contribution in [-0.2, 0) is 6.54 Å². The normalized spacial score (nSPS) is 17.0. The molecule has 1 unspecified atom stereocenters. The van der Waals surface area contributed by atoms with Crippen LogP contribution in [-0.4, -0.2) is 34.8 Å². The van der Waals surface area contributed by atoms with E-state index in [9.17, 15) is 9.59 Å². The molecule has 0 bridgehead atoms. The topological polar surface area (TPSA) is 62.3 Å². The van der Waals surface area contributed by atoms with E-state index in [0.29, 0.717) is 23.0 Å². The highest BCUT2D eigenvalue weighted by atomic mass is 35.5. The number of carbonyl (C=O) groups is 2. The first kappa shape index (κ1) is 18.4. The molecule has 1 atom stereocenters. The van der Waals surface area contributed by atoms with Crippen molar-refractivity contribution in [3.05, 3.63) is 64.4 Å². The number of benzene rings is 1. The molecule has 1 fully saturated rings.